The molecule has 1 fully saturated rings. The van der Waals surface area contributed by atoms with Crippen molar-refractivity contribution in [3.05, 3.63) is 59.0 Å². The molecule has 3 aromatic rings. The van der Waals surface area contributed by atoms with Gasteiger partial charge in [0.2, 0.25) is 0 Å². The summed E-state index contributed by atoms with van der Waals surface area (Å²) in [6, 6.07) is 15.8. The molecule has 1 saturated heterocycles. The highest BCUT2D eigenvalue weighted by molar-refractivity contribution is 7.19. The predicted molar refractivity (Wildman–Crippen MR) is 120 cm³/mol. The molecule has 6 heteroatoms. The van der Waals surface area contributed by atoms with Gasteiger partial charge in [-0.25, -0.2) is 0 Å². The van der Waals surface area contributed by atoms with Crippen LogP contribution in [0.25, 0.3) is 10.1 Å². The number of nitrogens with zero attached hydrogens (tertiary/aromatic N) is 1. The lowest BCUT2D eigenvalue weighted by Gasteiger charge is -2.39. The van der Waals surface area contributed by atoms with Crippen molar-refractivity contribution >= 4 is 27.4 Å². The van der Waals surface area contributed by atoms with Gasteiger partial charge in [-0.1, -0.05) is 30.7 Å². The molecule has 5 nitrogen and oxygen atoms in total. The Balaban J connectivity index is 1.85. The van der Waals surface area contributed by atoms with Crippen LogP contribution in [0.15, 0.2) is 48.5 Å². The maximum Gasteiger partial charge on any atom is 0.320 e. The van der Waals surface area contributed by atoms with Crippen LogP contribution in [0.3, 0.4) is 0 Å². The molecule has 4 rings (SSSR count). The Morgan fingerprint density at radius 1 is 1.20 bits per heavy atom. The number of rotatable bonds is 7. The standard InChI is InChI=1S/C24H27NO4S/c1-3-29-20-14-17(11-12-19(20)28-2)23(25-13-7-6-9-18(25)24(26)27)22-15-16-8-4-5-10-21(16)30-22/h4-5,8,10-12,14-15,18,23H,3,6-7,9,13H2,1-2H3,(H,26,27). The molecule has 1 aromatic heterocycles. The van der Waals surface area contributed by atoms with Gasteiger partial charge in [0, 0.05) is 9.58 Å². The van der Waals surface area contributed by atoms with Gasteiger partial charge in [0.15, 0.2) is 11.5 Å². The molecule has 2 aromatic carbocycles. The first-order valence-electron chi connectivity index (χ1n) is 10.4. The number of fused-ring (bicyclic) bond motifs is 1. The number of likely N-dealkylation sites (tertiary alicyclic amines) is 1. The highest BCUT2D eigenvalue weighted by Crippen LogP contribution is 2.42. The molecule has 0 bridgehead atoms. The first-order valence-corrected chi connectivity index (χ1v) is 11.2. The van der Waals surface area contributed by atoms with Gasteiger partial charge in [-0.05, 0) is 61.5 Å². The topological polar surface area (TPSA) is 59.0 Å². The first-order chi connectivity index (χ1) is 14.6. The highest BCUT2D eigenvalue weighted by Gasteiger charge is 2.36. The van der Waals surface area contributed by atoms with Crippen LogP contribution in [0, 0.1) is 0 Å². The molecule has 0 saturated carbocycles. The van der Waals surface area contributed by atoms with Gasteiger partial charge in [-0.3, -0.25) is 9.69 Å². The maximum atomic E-state index is 12.1. The predicted octanol–water partition coefficient (Wildman–Crippen LogP) is 5.34. The second kappa shape index (κ2) is 9.06. The smallest absolute Gasteiger partial charge is 0.320 e. The van der Waals surface area contributed by atoms with E-state index in [2.05, 4.69) is 23.1 Å². The molecule has 1 N–H and O–H groups in total. The molecule has 30 heavy (non-hydrogen) atoms. The van der Waals surface area contributed by atoms with E-state index in [9.17, 15) is 9.90 Å². The Hall–Kier alpha value is -2.57. The van der Waals surface area contributed by atoms with E-state index >= 15 is 0 Å². The van der Waals surface area contributed by atoms with Gasteiger partial charge in [0.25, 0.3) is 0 Å². The minimum absolute atomic E-state index is 0.145. The van der Waals surface area contributed by atoms with Crippen LogP contribution in [0.1, 0.15) is 42.7 Å². The minimum atomic E-state index is -0.751. The molecular formula is C24H27NO4S. The van der Waals surface area contributed by atoms with Gasteiger partial charge in [0.1, 0.15) is 6.04 Å². The molecular weight excluding hydrogens is 398 g/mol. The summed E-state index contributed by atoms with van der Waals surface area (Å²) in [7, 11) is 1.63. The fraction of sp³-hybridized carbons (Fsp3) is 0.375. The summed E-state index contributed by atoms with van der Waals surface area (Å²) in [6.07, 6.45) is 2.62. The van der Waals surface area contributed by atoms with Crippen molar-refractivity contribution in [2.75, 3.05) is 20.3 Å². The van der Waals surface area contributed by atoms with Crippen molar-refractivity contribution in [3.63, 3.8) is 0 Å². The molecule has 1 aliphatic heterocycles. The quantitative estimate of drug-likeness (QED) is 0.554. The van der Waals surface area contributed by atoms with Crippen LogP contribution >= 0.6 is 11.3 Å². The fourth-order valence-corrected chi connectivity index (χ4v) is 5.53. The molecule has 0 spiro atoms. The molecule has 1 aliphatic rings. The van der Waals surface area contributed by atoms with E-state index < -0.39 is 12.0 Å². The second-order valence-electron chi connectivity index (χ2n) is 7.52. The van der Waals surface area contributed by atoms with Crippen LogP contribution in [0.2, 0.25) is 0 Å². The lowest BCUT2D eigenvalue weighted by molar-refractivity contribution is -0.145. The number of carboxylic acid groups (broad SMARTS) is 1. The van der Waals surface area contributed by atoms with Crippen molar-refractivity contribution in [1.82, 2.24) is 4.90 Å². The Bertz CT molecular complexity index is 998. The lowest BCUT2D eigenvalue weighted by Crippen LogP contribution is -2.46. The third-order valence-electron chi connectivity index (χ3n) is 5.68. The Morgan fingerprint density at radius 2 is 2.03 bits per heavy atom. The van der Waals surface area contributed by atoms with Crippen LogP contribution in [0.4, 0.5) is 0 Å². The zero-order chi connectivity index (χ0) is 21.1. The van der Waals surface area contributed by atoms with Gasteiger partial charge >= 0.3 is 5.97 Å². The monoisotopic (exact) mass is 425 g/mol. The third-order valence-corrected chi connectivity index (χ3v) is 6.85. The maximum absolute atomic E-state index is 12.1. The molecule has 2 atom stereocenters. The van der Waals surface area contributed by atoms with Gasteiger partial charge in [-0.2, -0.15) is 0 Å². The van der Waals surface area contributed by atoms with E-state index in [-0.39, 0.29) is 6.04 Å². The summed E-state index contributed by atoms with van der Waals surface area (Å²) in [6.45, 7) is 3.24. The minimum Gasteiger partial charge on any atom is -0.493 e. The number of thiophene rings is 1. The second-order valence-corrected chi connectivity index (χ2v) is 8.64. The number of piperidine rings is 1. The number of hydrogen-bond donors (Lipinski definition) is 1. The number of benzene rings is 2. The molecule has 158 valence electrons. The number of aliphatic carboxylic acids is 1. The first kappa shape index (κ1) is 20.7. The average Bonchev–Trinajstić information content (AvgIpc) is 3.18. The zero-order valence-electron chi connectivity index (χ0n) is 17.3. The van der Waals surface area contributed by atoms with E-state index in [1.54, 1.807) is 18.4 Å². The summed E-state index contributed by atoms with van der Waals surface area (Å²) in [5.41, 5.74) is 1.03. The number of carbonyl (C=O) groups is 1. The average molecular weight is 426 g/mol. The lowest BCUT2D eigenvalue weighted by atomic mass is 9.95. The van der Waals surface area contributed by atoms with E-state index in [1.807, 2.05) is 37.3 Å². The molecule has 2 unspecified atom stereocenters. The van der Waals surface area contributed by atoms with E-state index in [0.29, 0.717) is 24.5 Å². The summed E-state index contributed by atoms with van der Waals surface area (Å²) < 4.78 is 12.5. The Labute approximate surface area is 180 Å². The van der Waals surface area contributed by atoms with Gasteiger partial charge < -0.3 is 14.6 Å². The number of ether oxygens (including phenoxy) is 2. The van der Waals surface area contributed by atoms with Gasteiger partial charge in [-0.15, -0.1) is 11.3 Å². The normalized spacial score (nSPS) is 18.3. The molecule has 2 heterocycles. The van der Waals surface area contributed by atoms with E-state index in [1.165, 1.54) is 10.1 Å². The summed E-state index contributed by atoms with van der Waals surface area (Å²) in [5, 5.41) is 11.1. The fourth-order valence-electron chi connectivity index (χ4n) is 4.32. The van der Waals surface area contributed by atoms with Crippen LogP contribution in [-0.2, 0) is 4.79 Å². The van der Waals surface area contributed by atoms with Crippen molar-refractivity contribution < 1.29 is 19.4 Å². The van der Waals surface area contributed by atoms with Crippen molar-refractivity contribution in [1.29, 1.82) is 0 Å². The number of methoxy groups -OCH3 is 1. The van der Waals surface area contributed by atoms with Crippen molar-refractivity contribution in [2.45, 2.75) is 38.3 Å². The van der Waals surface area contributed by atoms with E-state index in [4.69, 9.17) is 9.47 Å². The SMILES string of the molecule is CCOc1cc(C(c2cc3ccccc3s2)N2CCCCC2C(=O)O)ccc1OC. The summed E-state index contributed by atoms with van der Waals surface area (Å²) in [5.74, 6) is 0.621. The number of carboxylic acids is 1. The summed E-state index contributed by atoms with van der Waals surface area (Å²) >= 11 is 1.73. The molecule has 0 radical (unpaired) electrons. The molecule has 0 aliphatic carbocycles. The zero-order valence-corrected chi connectivity index (χ0v) is 18.2. The largest absolute Gasteiger partial charge is 0.493 e. The third kappa shape index (κ3) is 4.02. The number of hydrogen-bond acceptors (Lipinski definition) is 5. The van der Waals surface area contributed by atoms with E-state index in [0.717, 1.165) is 29.8 Å². The van der Waals surface area contributed by atoms with Crippen molar-refractivity contribution in [2.24, 2.45) is 0 Å². The van der Waals surface area contributed by atoms with Crippen molar-refractivity contribution in [3.8, 4) is 11.5 Å². The van der Waals surface area contributed by atoms with Gasteiger partial charge in [0.05, 0.1) is 19.8 Å². The highest BCUT2D eigenvalue weighted by atomic mass is 32.1. The summed E-state index contributed by atoms with van der Waals surface area (Å²) in [4.78, 5) is 15.4. The van der Waals surface area contributed by atoms with Crippen LogP contribution in [0.5, 0.6) is 11.5 Å². The molecule has 0 amide bonds. The van der Waals surface area contributed by atoms with Crippen LogP contribution < -0.4 is 9.47 Å². The Morgan fingerprint density at radius 3 is 2.77 bits per heavy atom. The Kier molecular flexibility index (Phi) is 6.25. The van der Waals surface area contributed by atoms with Crippen LogP contribution in [-0.4, -0.2) is 42.3 Å².